The van der Waals surface area contributed by atoms with Gasteiger partial charge in [-0.05, 0) is 43.9 Å². The van der Waals surface area contributed by atoms with Gasteiger partial charge in [-0.1, -0.05) is 19.3 Å². The molecule has 2 fully saturated rings. The molecule has 126 valence electrons. The Labute approximate surface area is 136 Å². The zero-order chi connectivity index (χ0) is 16.4. The first-order valence-corrected chi connectivity index (χ1v) is 9.60. The molecule has 0 amide bonds. The van der Waals surface area contributed by atoms with Gasteiger partial charge >= 0.3 is 5.97 Å². The summed E-state index contributed by atoms with van der Waals surface area (Å²) in [4.78, 5) is 11.2. The second-order valence-corrected chi connectivity index (χ2v) is 8.07. The number of anilines is 1. The lowest BCUT2D eigenvalue weighted by molar-refractivity contribution is 0.0696. The van der Waals surface area contributed by atoms with E-state index in [1.165, 1.54) is 12.1 Å². The Morgan fingerprint density at radius 3 is 2.35 bits per heavy atom. The molecule has 0 radical (unpaired) electrons. The maximum Gasteiger partial charge on any atom is 0.335 e. The lowest BCUT2D eigenvalue weighted by Gasteiger charge is -2.23. The molecule has 0 aliphatic heterocycles. The van der Waals surface area contributed by atoms with Gasteiger partial charge in [0.1, 0.15) is 4.90 Å². The molecule has 0 atom stereocenters. The topological polar surface area (TPSA) is 95.5 Å². The van der Waals surface area contributed by atoms with Crippen molar-refractivity contribution in [1.82, 2.24) is 4.72 Å². The molecule has 1 aromatic rings. The van der Waals surface area contributed by atoms with E-state index < -0.39 is 16.0 Å². The standard InChI is InChI=1S/C16H22N2O4S/c19-16(20)11-6-9-14(17-12-7-8-12)15(10-11)23(21,22)18-13-4-2-1-3-5-13/h6,9-10,12-13,17-18H,1-5,7-8H2,(H,19,20). The highest BCUT2D eigenvalue weighted by Gasteiger charge is 2.28. The van der Waals surface area contributed by atoms with Crippen LogP contribution < -0.4 is 10.0 Å². The van der Waals surface area contributed by atoms with Crippen LogP contribution in [0, 0.1) is 0 Å². The maximum atomic E-state index is 12.8. The quantitative estimate of drug-likeness (QED) is 0.741. The van der Waals surface area contributed by atoms with E-state index >= 15 is 0 Å². The number of carboxylic acids is 1. The van der Waals surface area contributed by atoms with Gasteiger partial charge in [-0.2, -0.15) is 0 Å². The van der Waals surface area contributed by atoms with Gasteiger partial charge in [0.05, 0.1) is 11.3 Å². The van der Waals surface area contributed by atoms with E-state index in [-0.39, 0.29) is 22.5 Å². The third-order valence-corrected chi connectivity index (χ3v) is 5.94. The predicted octanol–water partition coefficient (Wildman–Crippen LogP) is 2.57. The minimum absolute atomic E-state index is 0.0182. The third-order valence-electron chi connectivity index (χ3n) is 4.38. The summed E-state index contributed by atoms with van der Waals surface area (Å²) in [5, 5.41) is 12.3. The van der Waals surface area contributed by atoms with Crippen LogP contribution in [0.25, 0.3) is 0 Å². The molecule has 1 aromatic carbocycles. The normalized spacial score (nSPS) is 19.5. The number of rotatable bonds is 6. The number of carbonyl (C=O) groups is 1. The molecule has 7 heteroatoms. The van der Waals surface area contributed by atoms with E-state index in [2.05, 4.69) is 10.0 Å². The molecule has 0 bridgehead atoms. The van der Waals surface area contributed by atoms with Gasteiger partial charge in [0.15, 0.2) is 0 Å². The van der Waals surface area contributed by atoms with Crippen LogP contribution in [0.5, 0.6) is 0 Å². The fourth-order valence-corrected chi connectivity index (χ4v) is 4.45. The molecule has 2 aliphatic carbocycles. The number of benzene rings is 1. The van der Waals surface area contributed by atoms with Gasteiger partial charge in [0, 0.05) is 12.1 Å². The Kier molecular flexibility index (Phi) is 4.59. The molecule has 3 N–H and O–H groups in total. The van der Waals surface area contributed by atoms with Crippen molar-refractivity contribution >= 4 is 21.7 Å². The van der Waals surface area contributed by atoms with E-state index in [1.807, 2.05) is 0 Å². The summed E-state index contributed by atoms with van der Waals surface area (Å²) < 4.78 is 28.3. The second-order valence-electron chi connectivity index (χ2n) is 6.39. The summed E-state index contributed by atoms with van der Waals surface area (Å²) >= 11 is 0. The molecule has 0 unspecified atom stereocenters. The first-order valence-electron chi connectivity index (χ1n) is 8.12. The number of nitrogens with one attached hydrogen (secondary N) is 2. The lowest BCUT2D eigenvalue weighted by Crippen LogP contribution is -2.36. The molecule has 0 aromatic heterocycles. The molecular weight excluding hydrogens is 316 g/mol. The SMILES string of the molecule is O=C(O)c1ccc(NC2CC2)c(S(=O)(=O)NC2CCCCC2)c1. The van der Waals surface area contributed by atoms with Crippen molar-refractivity contribution in [2.75, 3.05) is 5.32 Å². The highest BCUT2D eigenvalue weighted by molar-refractivity contribution is 7.89. The van der Waals surface area contributed by atoms with Crippen LogP contribution in [0.4, 0.5) is 5.69 Å². The minimum atomic E-state index is -3.74. The minimum Gasteiger partial charge on any atom is -0.478 e. The number of hydrogen-bond acceptors (Lipinski definition) is 4. The highest BCUT2D eigenvalue weighted by Crippen LogP contribution is 2.30. The maximum absolute atomic E-state index is 12.8. The predicted molar refractivity (Wildman–Crippen MR) is 87.2 cm³/mol. The van der Waals surface area contributed by atoms with Gasteiger partial charge < -0.3 is 10.4 Å². The first kappa shape index (κ1) is 16.3. The van der Waals surface area contributed by atoms with Gasteiger partial charge in [-0.25, -0.2) is 17.9 Å². The lowest BCUT2D eigenvalue weighted by atomic mass is 9.96. The zero-order valence-electron chi connectivity index (χ0n) is 12.9. The Balaban J connectivity index is 1.90. The third kappa shape index (κ3) is 4.03. The van der Waals surface area contributed by atoms with Gasteiger partial charge in [-0.15, -0.1) is 0 Å². The molecular formula is C16H22N2O4S. The number of hydrogen-bond donors (Lipinski definition) is 3. The van der Waals surface area contributed by atoms with E-state index in [1.54, 1.807) is 6.07 Å². The van der Waals surface area contributed by atoms with Crippen LogP contribution in [-0.4, -0.2) is 31.6 Å². The van der Waals surface area contributed by atoms with Crippen molar-refractivity contribution in [3.05, 3.63) is 23.8 Å². The van der Waals surface area contributed by atoms with Crippen LogP contribution in [0.3, 0.4) is 0 Å². The van der Waals surface area contributed by atoms with E-state index in [0.29, 0.717) is 5.69 Å². The monoisotopic (exact) mass is 338 g/mol. The van der Waals surface area contributed by atoms with Gasteiger partial charge in [0.2, 0.25) is 10.0 Å². The van der Waals surface area contributed by atoms with Gasteiger partial charge in [0.25, 0.3) is 0 Å². The Bertz CT molecular complexity index is 692. The summed E-state index contributed by atoms with van der Waals surface area (Å²) in [5.41, 5.74) is 0.469. The smallest absolute Gasteiger partial charge is 0.335 e. The molecule has 23 heavy (non-hydrogen) atoms. The van der Waals surface area contributed by atoms with Crippen LogP contribution in [-0.2, 0) is 10.0 Å². The van der Waals surface area contributed by atoms with Crippen LogP contribution in [0.1, 0.15) is 55.3 Å². The van der Waals surface area contributed by atoms with Crippen LogP contribution in [0.2, 0.25) is 0 Å². The van der Waals surface area contributed by atoms with Crippen LogP contribution >= 0.6 is 0 Å². The Hall–Kier alpha value is -1.60. The Morgan fingerprint density at radius 2 is 1.74 bits per heavy atom. The van der Waals surface area contributed by atoms with Crippen molar-refractivity contribution in [2.45, 2.75) is 61.9 Å². The van der Waals surface area contributed by atoms with Crippen molar-refractivity contribution in [3.63, 3.8) is 0 Å². The highest BCUT2D eigenvalue weighted by atomic mass is 32.2. The summed E-state index contributed by atoms with van der Waals surface area (Å²) in [6.07, 6.45) is 6.88. The Morgan fingerprint density at radius 1 is 1.04 bits per heavy atom. The number of carboxylic acid groups (broad SMARTS) is 1. The summed E-state index contributed by atoms with van der Waals surface area (Å²) in [6, 6.07) is 4.47. The summed E-state index contributed by atoms with van der Waals surface area (Å²) in [7, 11) is -3.74. The number of aromatic carboxylic acids is 1. The molecule has 0 heterocycles. The molecule has 0 saturated heterocycles. The molecule has 2 saturated carbocycles. The fourth-order valence-electron chi connectivity index (χ4n) is 2.95. The second kappa shape index (κ2) is 6.49. The van der Waals surface area contributed by atoms with Crippen LogP contribution in [0.15, 0.2) is 23.1 Å². The average molecular weight is 338 g/mol. The van der Waals surface area contributed by atoms with E-state index in [4.69, 9.17) is 5.11 Å². The van der Waals surface area contributed by atoms with Crippen molar-refractivity contribution < 1.29 is 18.3 Å². The summed E-state index contributed by atoms with van der Waals surface area (Å²) in [5.74, 6) is -1.13. The zero-order valence-corrected chi connectivity index (χ0v) is 13.7. The van der Waals surface area contributed by atoms with Crippen molar-refractivity contribution in [1.29, 1.82) is 0 Å². The first-order chi connectivity index (χ1) is 11.0. The molecule has 3 rings (SSSR count). The summed E-state index contributed by atoms with van der Waals surface area (Å²) in [6.45, 7) is 0. The molecule has 2 aliphatic rings. The molecule has 0 spiro atoms. The van der Waals surface area contributed by atoms with E-state index in [0.717, 1.165) is 44.9 Å². The average Bonchev–Trinajstić information content (AvgIpc) is 3.32. The fraction of sp³-hybridized carbons (Fsp3) is 0.562. The van der Waals surface area contributed by atoms with E-state index in [9.17, 15) is 13.2 Å². The van der Waals surface area contributed by atoms with Crippen molar-refractivity contribution in [2.24, 2.45) is 0 Å². The molecule has 6 nitrogen and oxygen atoms in total. The number of sulfonamides is 1. The largest absolute Gasteiger partial charge is 0.478 e. The van der Waals surface area contributed by atoms with Crippen molar-refractivity contribution in [3.8, 4) is 0 Å². The van der Waals surface area contributed by atoms with Gasteiger partial charge in [-0.3, -0.25) is 0 Å².